The third-order valence-electron chi connectivity index (χ3n) is 9.53. The number of pyridine rings is 1. The number of esters is 1. The molecule has 3 aromatic heterocycles. The number of nitrogens with zero attached hydrogens (tertiary/aromatic N) is 3. The van der Waals surface area contributed by atoms with Gasteiger partial charge in [0.2, 0.25) is 0 Å². The van der Waals surface area contributed by atoms with Crippen LogP contribution in [-0.4, -0.2) is 62.2 Å². The summed E-state index contributed by atoms with van der Waals surface area (Å²) >= 11 is 2.97. The van der Waals surface area contributed by atoms with Crippen LogP contribution in [0.4, 0.5) is 17.2 Å². The van der Waals surface area contributed by atoms with Gasteiger partial charge in [0.15, 0.2) is 0 Å². The summed E-state index contributed by atoms with van der Waals surface area (Å²) < 4.78 is 11.8. The Kier molecular flexibility index (Phi) is 7.98. The molecule has 2 amide bonds. The molecule has 3 aliphatic rings. The highest BCUT2D eigenvalue weighted by molar-refractivity contribution is 7.17. The topological polar surface area (TPSA) is 101 Å². The molecular weight excluding hydrogens is 645 g/mol. The van der Waals surface area contributed by atoms with E-state index in [4.69, 9.17) is 14.5 Å². The first kappa shape index (κ1) is 30.7. The quantitative estimate of drug-likeness (QED) is 0.189. The van der Waals surface area contributed by atoms with E-state index >= 15 is 0 Å². The van der Waals surface area contributed by atoms with Gasteiger partial charge in [-0.05, 0) is 85.7 Å². The molecule has 6 heterocycles. The summed E-state index contributed by atoms with van der Waals surface area (Å²) in [7, 11) is 0. The van der Waals surface area contributed by atoms with Gasteiger partial charge in [-0.25, -0.2) is 9.78 Å². The second-order valence-corrected chi connectivity index (χ2v) is 14.6. The number of thiophene rings is 2. The summed E-state index contributed by atoms with van der Waals surface area (Å²) in [5.74, 6) is 0.0341. The number of amides is 2. The van der Waals surface area contributed by atoms with Crippen LogP contribution in [0.5, 0.6) is 0 Å². The number of fused-ring (bicyclic) bond motifs is 4. The van der Waals surface area contributed by atoms with Crippen LogP contribution >= 0.6 is 22.7 Å². The minimum atomic E-state index is -0.323. The summed E-state index contributed by atoms with van der Waals surface area (Å²) in [5.41, 5.74) is 5.55. The highest BCUT2D eigenvalue weighted by atomic mass is 32.1. The van der Waals surface area contributed by atoms with Gasteiger partial charge in [0, 0.05) is 60.0 Å². The van der Waals surface area contributed by atoms with Crippen molar-refractivity contribution < 1.29 is 23.9 Å². The number of hydrogen-bond acceptors (Lipinski definition) is 9. The second-order valence-electron chi connectivity index (χ2n) is 12.6. The van der Waals surface area contributed by atoms with Crippen LogP contribution in [-0.2, 0) is 15.9 Å². The smallest absolute Gasteiger partial charge is 0.348 e. The molecule has 244 valence electrons. The van der Waals surface area contributed by atoms with E-state index in [0.29, 0.717) is 47.1 Å². The number of benzene rings is 2. The fourth-order valence-corrected chi connectivity index (χ4v) is 8.89. The van der Waals surface area contributed by atoms with E-state index in [1.807, 2.05) is 47.8 Å². The van der Waals surface area contributed by atoms with Crippen molar-refractivity contribution >= 4 is 67.9 Å². The van der Waals surface area contributed by atoms with Gasteiger partial charge >= 0.3 is 5.97 Å². The maximum absolute atomic E-state index is 13.9. The van der Waals surface area contributed by atoms with Gasteiger partial charge in [-0.2, -0.15) is 0 Å². The van der Waals surface area contributed by atoms with Crippen molar-refractivity contribution in [1.29, 1.82) is 0 Å². The van der Waals surface area contributed by atoms with Crippen LogP contribution in [0.15, 0.2) is 72.1 Å². The van der Waals surface area contributed by atoms with Crippen molar-refractivity contribution in [2.45, 2.75) is 26.2 Å². The number of para-hydroxylation sites is 1. The van der Waals surface area contributed by atoms with E-state index in [0.717, 1.165) is 71.1 Å². The summed E-state index contributed by atoms with van der Waals surface area (Å²) in [4.78, 5) is 50.6. The number of aromatic nitrogens is 1. The molecule has 48 heavy (non-hydrogen) atoms. The Morgan fingerprint density at radius 3 is 2.60 bits per heavy atom. The van der Waals surface area contributed by atoms with Gasteiger partial charge in [-0.3, -0.25) is 9.59 Å². The third kappa shape index (κ3) is 5.55. The van der Waals surface area contributed by atoms with E-state index in [9.17, 15) is 14.4 Å². The number of rotatable bonds is 6. The van der Waals surface area contributed by atoms with E-state index in [1.165, 1.54) is 11.3 Å². The fraction of sp³-hybridized carbons (Fsp3) is 0.297. The van der Waals surface area contributed by atoms with Gasteiger partial charge in [0.25, 0.3) is 11.8 Å². The van der Waals surface area contributed by atoms with Crippen LogP contribution < -0.4 is 15.1 Å². The Morgan fingerprint density at radius 1 is 1.02 bits per heavy atom. The first-order valence-electron chi connectivity index (χ1n) is 16.2. The lowest BCUT2D eigenvalue weighted by Crippen LogP contribution is -2.59. The van der Waals surface area contributed by atoms with E-state index in [2.05, 4.69) is 10.2 Å². The summed E-state index contributed by atoms with van der Waals surface area (Å²) in [5, 5.41) is 5.05. The molecule has 3 aliphatic heterocycles. The Hall–Kier alpha value is -4.58. The largest absolute Gasteiger partial charge is 0.462 e. The van der Waals surface area contributed by atoms with Gasteiger partial charge in [-0.1, -0.05) is 18.2 Å². The third-order valence-corrected chi connectivity index (χ3v) is 11.6. The average Bonchev–Trinajstić information content (AvgIpc) is 3.71. The number of hydrogen-bond donors (Lipinski definition) is 1. The molecule has 8 rings (SSSR count). The van der Waals surface area contributed by atoms with Crippen molar-refractivity contribution in [3.63, 3.8) is 0 Å². The minimum Gasteiger partial charge on any atom is -0.462 e. The molecule has 5 aromatic rings. The van der Waals surface area contributed by atoms with Crippen LogP contribution in [0.25, 0.3) is 20.7 Å². The molecule has 1 spiro atoms. The van der Waals surface area contributed by atoms with Crippen molar-refractivity contribution in [3.8, 4) is 10.4 Å². The Labute approximate surface area is 286 Å². The van der Waals surface area contributed by atoms with Crippen molar-refractivity contribution in [1.82, 2.24) is 4.98 Å². The summed E-state index contributed by atoms with van der Waals surface area (Å²) in [6, 6.07) is 20.7. The Morgan fingerprint density at radius 2 is 1.81 bits per heavy atom. The lowest BCUT2D eigenvalue weighted by Gasteiger charge is -2.53. The lowest BCUT2D eigenvalue weighted by atomic mass is 9.73. The van der Waals surface area contributed by atoms with E-state index in [-0.39, 0.29) is 23.2 Å². The number of ether oxygens (including phenoxy) is 2. The van der Waals surface area contributed by atoms with Crippen molar-refractivity contribution in [2.75, 3.05) is 54.6 Å². The second kappa shape index (κ2) is 12.5. The molecule has 2 saturated heterocycles. The fourth-order valence-electron chi connectivity index (χ4n) is 6.99. The number of anilines is 3. The number of carbonyl (C=O) groups is 3. The average molecular weight is 679 g/mol. The molecule has 2 aromatic carbocycles. The first-order chi connectivity index (χ1) is 23.4. The minimum absolute atomic E-state index is 0.129. The zero-order chi connectivity index (χ0) is 32.8. The van der Waals surface area contributed by atoms with Gasteiger partial charge < -0.3 is 24.6 Å². The maximum atomic E-state index is 13.9. The molecular formula is C37H34N4O5S2. The predicted octanol–water partition coefficient (Wildman–Crippen LogP) is 7.27. The van der Waals surface area contributed by atoms with E-state index in [1.54, 1.807) is 47.4 Å². The molecule has 0 radical (unpaired) electrons. The monoisotopic (exact) mass is 678 g/mol. The zero-order valence-corrected chi connectivity index (χ0v) is 28.1. The molecule has 2 fully saturated rings. The van der Waals surface area contributed by atoms with Crippen LogP contribution in [0.1, 0.15) is 55.7 Å². The number of nitrogens with one attached hydrogen (secondary N) is 1. The standard InChI is InChI=1S/C37H34N4O5S2/c1-2-46-36(44)31-19-24-11-15-41(29-6-4-3-5-26(29)32(24)48-31)35(43)23-7-9-25(10-8-23)38-34(42)27-20-30-28(12-18-47-30)39-33(27)40-21-37(22-40)13-16-45-17-14-37/h3-10,12,18-20H,2,11,13-17,21-22H2,1H3,(H,38,42). The molecule has 1 N–H and O–H groups in total. The van der Waals surface area contributed by atoms with Gasteiger partial charge in [0.1, 0.15) is 10.7 Å². The van der Waals surface area contributed by atoms with Crippen LogP contribution in [0.3, 0.4) is 0 Å². The SMILES string of the molecule is CCOC(=O)c1cc2c(s1)-c1ccccc1N(C(=O)c1ccc(NC(=O)c3cc4sccc4nc3N3CC4(CCOCC4)C3)cc1)CC2. The molecule has 0 atom stereocenters. The highest BCUT2D eigenvalue weighted by Gasteiger charge is 2.45. The summed E-state index contributed by atoms with van der Waals surface area (Å²) in [6.45, 7) is 5.90. The van der Waals surface area contributed by atoms with Gasteiger partial charge in [-0.15, -0.1) is 22.7 Å². The number of carbonyl (C=O) groups excluding carboxylic acids is 3. The van der Waals surface area contributed by atoms with E-state index < -0.39 is 0 Å². The van der Waals surface area contributed by atoms with Crippen molar-refractivity contribution in [2.24, 2.45) is 5.41 Å². The van der Waals surface area contributed by atoms with Crippen LogP contribution in [0, 0.1) is 5.41 Å². The zero-order valence-electron chi connectivity index (χ0n) is 26.5. The Balaban J connectivity index is 1.01. The predicted molar refractivity (Wildman–Crippen MR) is 190 cm³/mol. The molecule has 0 saturated carbocycles. The molecule has 0 unspecified atom stereocenters. The highest BCUT2D eigenvalue weighted by Crippen LogP contribution is 2.44. The normalized spacial score (nSPS) is 16.5. The maximum Gasteiger partial charge on any atom is 0.348 e. The molecule has 0 aliphatic carbocycles. The lowest BCUT2D eigenvalue weighted by molar-refractivity contribution is -0.000492. The molecule has 9 nitrogen and oxygen atoms in total. The van der Waals surface area contributed by atoms with Crippen LogP contribution in [0.2, 0.25) is 0 Å². The molecule has 0 bridgehead atoms. The first-order valence-corrected chi connectivity index (χ1v) is 17.9. The molecule has 11 heteroatoms. The Bertz CT molecular complexity index is 2040. The van der Waals surface area contributed by atoms with Crippen molar-refractivity contribution in [3.05, 3.63) is 93.7 Å². The summed E-state index contributed by atoms with van der Waals surface area (Å²) in [6.07, 6.45) is 2.67. The van der Waals surface area contributed by atoms with Gasteiger partial charge in [0.05, 0.1) is 28.1 Å².